The van der Waals surface area contributed by atoms with Crippen LogP contribution in [0.4, 0.5) is 0 Å². The molecular weight excluding hydrogens is 200 g/mol. The van der Waals surface area contributed by atoms with Crippen molar-refractivity contribution in [2.24, 2.45) is 0 Å². The second kappa shape index (κ2) is 5.16. The predicted molar refractivity (Wildman–Crippen MR) is 63.2 cm³/mol. The van der Waals surface area contributed by atoms with Crippen molar-refractivity contribution in [3.8, 4) is 0 Å². The third-order valence-corrected chi connectivity index (χ3v) is 2.36. The molecule has 3 heteroatoms. The van der Waals surface area contributed by atoms with E-state index in [2.05, 4.69) is 5.32 Å². The van der Waals surface area contributed by atoms with Gasteiger partial charge in [0.1, 0.15) is 0 Å². The number of hydrogen-bond donors (Lipinski definition) is 1. The van der Waals surface area contributed by atoms with Gasteiger partial charge in [-0.15, -0.1) is 0 Å². The van der Waals surface area contributed by atoms with E-state index in [0.29, 0.717) is 12.1 Å². The number of nitrogens with zero attached hydrogens (tertiary/aromatic N) is 1. The van der Waals surface area contributed by atoms with Gasteiger partial charge in [-0.2, -0.15) is 0 Å². The first-order chi connectivity index (χ1) is 7.86. The summed E-state index contributed by atoms with van der Waals surface area (Å²) in [6.07, 6.45) is 3.96. The summed E-state index contributed by atoms with van der Waals surface area (Å²) >= 11 is 0. The van der Waals surface area contributed by atoms with Gasteiger partial charge in [0.25, 0.3) is 5.91 Å². The van der Waals surface area contributed by atoms with Crippen LogP contribution >= 0.6 is 0 Å². The molecule has 0 fully saturated rings. The van der Waals surface area contributed by atoms with Crippen LogP contribution in [0.5, 0.6) is 0 Å². The summed E-state index contributed by atoms with van der Waals surface area (Å²) in [5.41, 5.74) is 0.704. The highest BCUT2D eigenvalue weighted by atomic mass is 16.1. The van der Waals surface area contributed by atoms with Gasteiger partial charge in [-0.25, -0.2) is 0 Å². The van der Waals surface area contributed by atoms with Gasteiger partial charge in [-0.1, -0.05) is 18.2 Å². The monoisotopic (exact) mass is 214 g/mol. The molecule has 16 heavy (non-hydrogen) atoms. The number of rotatable bonds is 4. The minimum absolute atomic E-state index is 0.0206. The average Bonchev–Trinajstić information content (AvgIpc) is 2.83. The minimum Gasteiger partial charge on any atom is -0.353 e. The molecule has 3 nitrogen and oxygen atoms in total. The highest BCUT2D eigenvalue weighted by Crippen LogP contribution is 1.97. The zero-order valence-corrected chi connectivity index (χ0v) is 8.97. The Morgan fingerprint density at radius 2 is 1.75 bits per heavy atom. The molecule has 2 rings (SSSR count). The smallest absolute Gasteiger partial charge is 0.251 e. The Hall–Kier alpha value is -2.03. The molecule has 0 spiro atoms. The first kappa shape index (κ1) is 10.5. The van der Waals surface area contributed by atoms with Crippen LogP contribution in [0.2, 0.25) is 0 Å². The SMILES string of the molecule is O=C(NCCn1cccc1)c1ccccc1. The first-order valence-electron chi connectivity index (χ1n) is 5.30. The van der Waals surface area contributed by atoms with Gasteiger partial charge in [-0.3, -0.25) is 4.79 Å². The molecule has 1 aromatic carbocycles. The van der Waals surface area contributed by atoms with Crippen molar-refractivity contribution in [2.75, 3.05) is 6.54 Å². The van der Waals surface area contributed by atoms with Gasteiger partial charge in [0.15, 0.2) is 0 Å². The van der Waals surface area contributed by atoms with Crippen LogP contribution in [-0.4, -0.2) is 17.0 Å². The molecule has 1 aromatic heterocycles. The fraction of sp³-hybridized carbons (Fsp3) is 0.154. The summed E-state index contributed by atoms with van der Waals surface area (Å²) in [5, 5.41) is 2.88. The number of aromatic nitrogens is 1. The van der Waals surface area contributed by atoms with E-state index in [1.165, 1.54) is 0 Å². The molecule has 0 unspecified atom stereocenters. The lowest BCUT2D eigenvalue weighted by Crippen LogP contribution is -2.26. The summed E-state index contributed by atoms with van der Waals surface area (Å²) < 4.78 is 2.03. The summed E-state index contributed by atoms with van der Waals surface area (Å²) in [5.74, 6) is -0.0206. The first-order valence-corrected chi connectivity index (χ1v) is 5.30. The molecule has 0 saturated carbocycles. The second-order valence-corrected chi connectivity index (χ2v) is 3.54. The van der Waals surface area contributed by atoms with Gasteiger partial charge in [-0.05, 0) is 24.3 Å². The molecule has 0 aliphatic heterocycles. The summed E-state index contributed by atoms with van der Waals surface area (Å²) in [6.45, 7) is 1.44. The molecule has 1 amide bonds. The maximum Gasteiger partial charge on any atom is 0.251 e. The molecule has 0 atom stereocenters. The standard InChI is InChI=1S/C13H14N2O/c16-13(12-6-2-1-3-7-12)14-8-11-15-9-4-5-10-15/h1-7,9-10H,8,11H2,(H,14,16). The Kier molecular flexibility index (Phi) is 3.38. The normalized spacial score (nSPS) is 10.0. The van der Waals surface area contributed by atoms with E-state index in [1.807, 2.05) is 59.4 Å². The molecule has 1 N–H and O–H groups in total. The Labute approximate surface area is 94.7 Å². The molecule has 0 aliphatic rings. The number of carbonyl (C=O) groups excluding carboxylic acids is 1. The number of benzene rings is 1. The van der Waals surface area contributed by atoms with Gasteiger partial charge in [0.05, 0.1) is 0 Å². The topological polar surface area (TPSA) is 34.0 Å². The van der Waals surface area contributed by atoms with Crippen molar-refractivity contribution in [2.45, 2.75) is 6.54 Å². The summed E-state index contributed by atoms with van der Waals surface area (Å²) in [6, 6.07) is 13.2. The van der Waals surface area contributed by atoms with E-state index in [1.54, 1.807) is 0 Å². The fourth-order valence-electron chi connectivity index (χ4n) is 1.51. The van der Waals surface area contributed by atoms with E-state index < -0.39 is 0 Å². The van der Waals surface area contributed by atoms with Crippen LogP contribution in [0.1, 0.15) is 10.4 Å². The van der Waals surface area contributed by atoms with Gasteiger partial charge in [0, 0.05) is 31.0 Å². The van der Waals surface area contributed by atoms with E-state index in [9.17, 15) is 4.79 Å². The van der Waals surface area contributed by atoms with E-state index in [4.69, 9.17) is 0 Å². The van der Waals surface area contributed by atoms with Crippen molar-refractivity contribution in [3.05, 3.63) is 60.4 Å². The number of nitrogens with one attached hydrogen (secondary N) is 1. The second-order valence-electron chi connectivity index (χ2n) is 3.54. The lowest BCUT2D eigenvalue weighted by Gasteiger charge is -2.05. The maximum atomic E-state index is 11.7. The third kappa shape index (κ3) is 2.73. The number of carbonyl (C=O) groups is 1. The summed E-state index contributed by atoms with van der Waals surface area (Å²) in [4.78, 5) is 11.7. The summed E-state index contributed by atoms with van der Waals surface area (Å²) in [7, 11) is 0. The Morgan fingerprint density at radius 3 is 2.44 bits per heavy atom. The van der Waals surface area contributed by atoms with Crippen LogP contribution in [0.15, 0.2) is 54.9 Å². The van der Waals surface area contributed by atoms with Crippen LogP contribution in [0.3, 0.4) is 0 Å². The Balaban J connectivity index is 1.81. The molecule has 2 aromatic rings. The lowest BCUT2D eigenvalue weighted by atomic mass is 10.2. The maximum absolute atomic E-state index is 11.7. The van der Waals surface area contributed by atoms with Gasteiger partial charge >= 0.3 is 0 Å². The Bertz CT molecular complexity index is 434. The van der Waals surface area contributed by atoms with Crippen molar-refractivity contribution < 1.29 is 4.79 Å². The van der Waals surface area contributed by atoms with Crippen LogP contribution in [0.25, 0.3) is 0 Å². The Morgan fingerprint density at radius 1 is 1.06 bits per heavy atom. The van der Waals surface area contributed by atoms with E-state index >= 15 is 0 Å². The zero-order valence-electron chi connectivity index (χ0n) is 8.97. The predicted octanol–water partition coefficient (Wildman–Crippen LogP) is 1.92. The van der Waals surface area contributed by atoms with Gasteiger partial charge < -0.3 is 9.88 Å². The van der Waals surface area contributed by atoms with Crippen molar-refractivity contribution in [1.82, 2.24) is 9.88 Å². The number of amides is 1. The fourth-order valence-corrected chi connectivity index (χ4v) is 1.51. The van der Waals surface area contributed by atoms with Gasteiger partial charge in [0.2, 0.25) is 0 Å². The zero-order chi connectivity index (χ0) is 11.2. The molecule has 0 saturated heterocycles. The third-order valence-electron chi connectivity index (χ3n) is 2.36. The largest absolute Gasteiger partial charge is 0.353 e. The number of hydrogen-bond acceptors (Lipinski definition) is 1. The van der Waals surface area contributed by atoms with Crippen LogP contribution in [-0.2, 0) is 6.54 Å². The quantitative estimate of drug-likeness (QED) is 0.829. The van der Waals surface area contributed by atoms with E-state index in [-0.39, 0.29) is 5.91 Å². The molecule has 0 radical (unpaired) electrons. The molecule has 82 valence electrons. The van der Waals surface area contributed by atoms with Crippen molar-refractivity contribution in [1.29, 1.82) is 0 Å². The highest BCUT2D eigenvalue weighted by Gasteiger charge is 2.02. The minimum atomic E-state index is -0.0206. The molecule has 0 bridgehead atoms. The van der Waals surface area contributed by atoms with Crippen LogP contribution in [0, 0.1) is 0 Å². The molecular formula is C13H14N2O. The van der Waals surface area contributed by atoms with E-state index in [0.717, 1.165) is 6.54 Å². The molecule has 0 aliphatic carbocycles. The molecule has 1 heterocycles. The average molecular weight is 214 g/mol. The van der Waals surface area contributed by atoms with Crippen LogP contribution < -0.4 is 5.32 Å². The lowest BCUT2D eigenvalue weighted by molar-refractivity contribution is 0.0952. The van der Waals surface area contributed by atoms with Crippen molar-refractivity contribution in [3.63, 3.8) is 0 Å². The van der Waals surface area contributed by atoms with Crippen molar-refractivity contribution >= 4 is 5.91 Å². The highest BCUT2D eigenvalue weighted by molar-refractivity contribution is 5.94.